The molecule has 0 aromatic carbocycles. The van der Waals surface area contributed by atoms with Gasteiger partial charge in [0, 0.05) is 12.7 Å². The topological polar surface area (TPSA) is 77.8 Å². The average Bonchev–Trinajstić information content (AvgIpc) is 2.45. The van der Waals surface area contributed by atoms with E-state index in [0.717, 1.165) is 31.4 Å². The number of hydrogen-bond acceptors (Lipinski definition) is 4. The number of rotatable bonds is 3. The maximum absolute atomic E-state index is 11.5. The van der Waals surface area contributed by atoms with Gasteiger partial charge < -0.3 is 10.6 Å². The number of amides is 1. The van der Waals surface area contributed by atoms with E-state index in [1.807, 2.05) is 6.07 Å². The van der Waals surface area contributed by atoms with Crippen LogP contribution in [-0.2, 0) is 17.6 Å². The maximum Gasteiger partial charge on any atom is 0.241 e. The molecule has 0 saturated carbocycles. The number of aromatic nitrogens is 1. The molecular weight excluding hydrogens is 240 g/mol. The van der Waals surface area contributed by atoms with E-state index >= 15 is 0 Å². The lowest BCUT2D eigenvalue weighted by molar-refractivity contribution is -0.121. The van der Waals surface area contributed by atoms with Crippen molar-refractivity contribution in [1.82, 2.24) is 10.3 Å². The molecule has 1 aromatic heterocycles. The summed E-state index contributed by atoms with van der Waals surface area (Å²) >= 11 is 0. The van der Waals surface area contributed by atoms with Gasteiger partial charge in [-0.05, 0) is 44.2 Å². The van der Waals surface area contributed by atoms with Crippen molar-refractivity contribution in [2.45, 2.75) is 38.6 Å². The molecule has 1 atom stereocenters. The van der Waals surface area contributed by atoms with Gasteiger partial charge in [0.25, 0.3) is 0 Å². The number of hydrogen-bond donors (Lipinski definition) is 2. The number of nitrogens with zero attached hydrogens (tertiary/aromatic N) is 2. The Kier molecular flexibility index (Phi) is 4.00. The number of likely N-dealkylation sites (N-methyl/N-ethyl adjacent to an activating group) is 1. The number of aryl methyl sites for hydroxylation is 2. The second-order valence-electron chi connectivity index (χ2n) is 4.79. The van der Waals surface area contributed by atoms with Crippen molar-refractivity contribution in [3.8, 4) is 6.07 Å². The average molecular weight is 258 g/mol. The minimum atomic E-state index is -0.411. The van der Waals surface area contributed by atoms with Crippen LogP contribution >= 0.6 is 0 Å². The number of carbonyl (C=O) groups excluding carboxylic acids is 1. The molecule has 5 heteroatoms. The van der Waals surface area contributed by atoms with Crippen LogP contribution < -0.4 is 10.6 Å². The fraction of sp³-hybridized carbons (Fsp3) is 0.500. The molecule has 1 aliphatic rings. The minimum Gasteiger partial charge on any atom is -0.358 e. The molecule has 5 nitrogen and oxygen atoms in total. The predicted octanol–water partition coefficient (Wildman–Crippen LogP) is 1.38. The smallest absolute Gasteiger partial charge is 0.241 e. The monoisotopic (exact) mass is 258 g/mol. The molecular formula is C14H18N4O. The van der Waals surface area contributed by atoms with Gasteiger partial charge in [-0.1, -0.05) is 0 Å². The molecule has 0 aliphatic heterocycles. The van der Waals surface area contributed by atoms with Gasteiger partial charge in [-0.3, -0.25) is 4.79 Å². The van der Waals surface area contributed by atoms with Crippen molar-refractivity contribution < 1.29 is 4.79 Å². The first-order valence-corrected chi connectivity index (χ1v) is 6.56. The predicted molar refractivity (Wildman–Crippen MR) is 72.7 cm³/mol. The van der Waals surface area contributed by atoms with Gasteiger partial charge in [0.2, 0.25) is 5.91 Å². The maximum atomic E-state index is 11.5. The summed E-state index contributed by atoms with van der Waals surface area (Å²) in [6, 6.07) is 3.64. The zero-order valence-electron chi connectivity index (χ0n) is 11.3. The molecule has 1 unspecified atom stereocenters. The highest BCUT2D eigenvalue weighted by Crippen LogP contribution is 2.24. The Balaban J connectivity index is 2.29. The van der Waals surface area contributed by atoms with Crippen LogP contribution in [0.25, 0.3) is 0 Å². The minimum absolute atomic E-state index is 0.122. The summed E-state index contributed by atoms with van der Waals surface area (Å²) in [4.78, 5) is 16.0. The summed E-state index contributed by atoms with van der Waals surface area (Å²) < 4.78 is 0. The highest BCUT2D eigenvalue weighted by Gasteiger charge is 2.18. The highest BCUT2D eigenvalue weighted by molar-refractivity contribution is 5.84. The summed E-state index contributed by atoms with van der Waals surface area (Å²) in [7, 11) is 1.59. The first-order chi connectivity index (χ1) is 9.15. The molecule has 100 valence electrons. The summed E-state index contributed by atoms with van der Waals surface area (Å²) in [6.45, 7) is 1.75. The number of anilines is 1. The van der Waals surface area contributed by atoms with E-state index in [0.29, 0.717) is 11.4 Å². The Labute approximate surface area is 113 Å². The van der Waals surface area contributed by atoms with E-state index in [1.54, 1.807) is 14.0 Å². The second-order valence-corrected chi connectivity index (χ2v) is 4.79. The van der Waals surface area contributed by atoms with Crippen molar-refractivity contribution in [3.63, 3.8) is 0 Å². The van der Waals surface area contributed by atoms with Crippen LogP contribution in [-0.4, -0.2) is 24.0 Å². The molecule has 2 N–H and O–H groups in total. The summed E-state index contributed by atoms with van der Waals surface area (Å²) in [6.07, 6.45) is 4.23. The largest absolute Gasteiger partial charge is 0.358 e. The third-order valence-electron chi connectivity index (χ3n) is 3.41. The second kappa shape index (κ2) is 5.70. The summed E-state index contributed by atoms with van der Waals surface area (Å²) in [5.41, 5.74) is 2.73. The normalized spacial score (nSPS) is 15.0. The van der Waals surface area contributed by atoms with Crippen LogP contribution in [0, 0.1) is 11.3 Å². The lowest BCUT2D eigenvalue weighted by Crippen LogP contribution is -2.35. The molecule has 0 radical (unpaired) electrons. The van der Waals surface area contributed by atoms with Gasteiger partial charge in [-0.2, -0.15) is 5.26 Å². The van der Waals surface area contributed by atoms with Gasteiger partial charge in [-0.25, -0.2) is 4.98 Å². The van der Waals surface area contributed by atoms with E-state index in [-0.39, 0.29) is 5.91 Å². The molecule has 2 rings (SSSR count). The van der Waals surface area contributed by atoms with Gasteiger partial charge in [0.15, 0.2) is 0 Å². The van der Waals surface area contributed by atoms with Crippen LogP contribution in [0.2, 0.25) is 0 Å². The van der Waals surface area contributed by atoms with Gasteiger partial charge in [0.1, 0.15) is 17.9 Å². The van der Waals surface area contributed by atoms with Gasteiger partial charge in [0.05, 0.1) is 5.56 Å². The zero-order valence-corrected chi connectivity index (χ0v) is 11.3. The van der Waals surface area contributed by atoms with E-state index in [4.69, 9.17) is 0 Å². The van der Waals surface area contributed by atoms with Crippen molar-refractivity contribution in [2.24, 2.45) is 0 Å². The highest BCUT2D eigenvalue weighted by atomic mass is 16.2. The van der Waals surface area contributed by atoms with E-state index < -0.39 is 6.04 Å². The first kappa shape index (κ1) is 13.3. The van der Waals surface area contributed by atoms with Crippen molar-refractivity contribution in [2.75, 3.05) is 12.4 Å². The molecule has 0 spiro atoms. The third kappa shape index (κ3) is 2.84. The van der Waals surface area contributed by atoms with E-state index in [9.17, 15) is 10.1 Å². The van der Waals surface area contributed by atoms with Crippen molar-refractivity contribution >= 4 is 11.7 Å². The standard InChI is InChI=1S/C14H18N4O/c1-9(14(19)16-2)17-13-11(8-15)7-10-5-3-4-6-12(10)18-13/h7,9H,3-6H2,1-2H3,(H,16,19)(H,17,18). The molecule has 1 amide bonds. The lowest BCUT2D eigenvalue weighted by atomic mass is 9.95. The number of nitriles is 1. The third-order valence-corrected chi connectivity index (χ3v) is 3.41. The summed E-state index contributed by atoms with van der Waals surface area (Å²) in [5, 5.41) is 14.8. The molecule has 0 bridgehead atoms. The molecule has 1 heterocycles. The SMILES string of the molecule is CNC(=O)C(C)Nc1nc2c(cc1C#N)CCCC2. The molecule has 1 aliphatic carbocycles. The van der Waals surface area contributed by atoms with E-state index in [2.05, 4.69) is 21.7 Å². The Morgan fingerprint density at radius 1 is 1.47 bits per heavy atom. The fourth-order valence-electron chi connectivity index (χ4n) is 2.32. The Hall–Kier alpha value is -2.09. The number of nitrogens with one attached hydrogen (secondary N) is 2. The van der Waals surface area contributed by atoms with Crippen LogP contribution in [0.1, 0.15) is 36.6 Å². The quantitative estimate of drug-likeness (QED) is 0.858. The van der Waals surface area contributed by atoms with Gasteiger partial charge in [-0.15, -0.1) is 0 Å². The Bertz CT molecular complexity index is 533. The van der Waals surface area contributed by atoms with Crippen LogP contribution in [0.4, 0.5) is 5.82 Å². The Morgan fingerprint density at radius 2 is 2.21 bits per heavy atom. The lowest BCUT2D eigenvalue weighted by Gasteiger charge is -2.19. The Morgan fingerprint density at radius 3 is 2.89 bits per heavy atom. The van der Waals surface area contributed by atoms with Gasteiger partial charge >= 0.3 is 0 Å². The van der Waals surface area contributed by atoms with Crippen LogP contribution in [0.15, 0.2) is 6.07 Å². The number of fused-ring (bicyclic) bond motifs is 1. The van der Waals surface area contributed by atoms with Crippen molar-refractivity contribution in [1.29, 1.82) is 5.26 Å². The number of carbonyl (C=O) groups is 1. The molecule has 1 aromatic rings. The molecule has 19 heavy (non-hydrogen) atoms. The number of pyridine rings is 1. The zero-order chi connectivity index (χ0) is 13.8. The van der Waals surface area contributed by atoms with Crippen molar-refractivity contribution in [3.05, 3.63) is 22.9 Å². The van der Waals surface area contributed by atoms with E-state index in [1.165, 1.54) is 5.56 Å². The first-order valence-electron chi connectivity index (χ1n) is 6.56. The molecule has 0 saturated heterocycles. The molecule has 0 fully saturated rings. The van der Waals surface area contributed by atoms with Crippen LogP contribution in [0.3, 0.4) is 0 Å². The van der Waals surface area contributed by atoms with Crippen LogP contribution in [0.5, 0.6) is 0 Å². The fourth-order valence-corrected chi connectivity index (χ4v) is 2.32. The summed E-state index contributed by atoms with van der Waals surface area (Å²) in [5.74, 6) is 0.391.